The lowest BCUT2D eigenvalue weighted by Crippen LogP contribution is -2.43. The number of carbonyl (C=O) groups excluding carboxylic acids is 3. The van der Waals surface area contributed by atoms with Crippen LogP contribution in [0.25, 0.3) is 0 Å². The van der Waals surface area contributed by atoms with Gasteiger partial charge in [0.2, 0.25) is 11.8 Å². The van der Waals surface area contributed by atoms with Gasteiger partial charge in [-0.05, 0) is 19.4 Å². The van der Waals surface area contributed by atoms with Gasteiger partial charge in [-0.15, -0.1) is 0 Å². The minimum absolute atomic E-state index is 0.261. The van der Waals surface area contributed by atoms with Crippen molar-refractivity contribution in [3.8, 4) is 0 Å². The molecule has 0 bridgehead atoms. The van der Waals surface area contributed by atoms with E-state index in [0.29, 0.717) is 12.8 Å². The van der Waals surface area contributed by atoms with E-state index in [1.807, 2.05) is 0 Å². The van der Waals surface area contributed by atoms with Gasteiger partial charge >= 0.3 is 5.97 Å². The molecule has 6 heteroatoms. The standard InChI is InChI=1S/C14H19NO5/c1-3-11(20-14(19)8(2)16)15-12(17)9-6-4-5-7-10(9)13(15)18/h9-11,16H,2-7H2,1H3. The maximum atomic E-state index is 12.3. The van der Waals surface area contributed by atoms with E-state index in [1.54, 1.807) is 6.92 Å². The number of nitrogens with zero attached hydrogens (tertiary/aromatic N) is 1. The first-order valence-corrected chi connectivity index (χ1v) is 6.93. The minimum Gasteiger partial charge on any atom is -0.502 e. The number of aliphatic hydroxyl groups excluding tert-OH is 1. The number of ether oxygens (including phenoxy) is 1. The molecule has 2 fully saturated rings. The van der Waals surface area contributed by atoms with Gasteiger partial charge in [-0.3, -0.25) is 9.59 Å². The van der Waals surface area contributed by atoms with Crippen LogP contribution in [0.2, 0.25) is 0 Å². The van der Waals surface area contributed by atoms with Crippen LogP contribution < -0.4 is 0 Å². The maximum absolute atomic E-state index is 12.3. The lowest BCUT2D eigenvalue weighted by Gasteiger charge is -2.25. The molecule has 20 heavy (non-hydrogen) atoms. The molecule has 2 amide bonds. The zero-order valence-corrected chi connectivity index (χ0v) is 11.5. The third-order valence-corrected chi connectivity index (χ3v) is 3.99. The first-order valence-electron chi connectivity index (χ1n) is 6.93. The fourth-order valence-corrected chi connectivity index (χ4v) is 2.98. The maximum Gasteiger partial charge on any atom is 0.374 e. The second kappa shape index (κ2) is 5.64. The molecular weight excluding hydrogens is 262 g/mol. The molecule has 1 heterocycles. The van der Waals surface area contributed by atoms with Crippen molar-refractivity contribution in [1.82, 2.24) is 4.90 Å². The quantitative estimate of drug-likeness (QED) is 0.365. The summed E-state index contributed by atoms with van der Waals surface area (Å²) in [5, 5.41) is 8.99. The van der Waals surface area contributed by atoms with E-state index in [-0.39, 0.29) is 30.1 Å². The smallest absolute Gasteiger partial charge is 0.374 e. The summed E-state index contributed by atoms with van der Waals surface area (Å²) in [4.78, 5) is 37.1. The van der Waals surface area contributed by atoms with Crippen molar-refractivity contribution in [2.24, 2.45) is 11.8 Å². The van der Waals surface area contributed by atoms with E-state index in [2.05, 4.69) is 6.58 Å². The number of rotatable bonds is 4. The topological polar surface area (TPSA) is 83.9 Å². The number of likely N-dealkylation sites (tertiary alicyclic amines) is 1. The molecule has 3 atom stereocenters. The zero-order valence-electron chi connectivity index (χ0n) is 11.5. The minimum atomic E-state index is -1.01. The van der Waals surface area contributed by atoms with Crippen LogP contribution in [0.4, 0.5) is 0 Å². The van der Waals surface area contributed by atoms with Gasteiger partial charge in [0.15, 0.2) is 12.0 Å². The molecular formula is C14H19NO5. The average Bonchev–Trinajstić information content (AvgIpc) is 2.69. The fraction of sp³-hybridized carbons (Fsp3) is 0.643. The molecule has 110 valence electrons. The van der Waals surface area contributed by atoms with E-state index < -0.39 is 18.0 Å². The summed E-state index contributed by atoms with van der Waals surface area (Å²) in [6.45, 7) is 4.78. The van der Waals surface area contributed by atoms with E-state index in [9.17, 15) is 14.4 Å². The summed E-state index contributed by atoms with van der Waals surface area (Å²) in [6, 6.07) is 0. The summed E-state index contributed by atoms with van der Waals surface area (Å²) in [6.07, 6.45) is 2.63. The van der Waals surface area contributed by atoms with Gasteiger partial charge in [0.1, 0.15) is 0 Å². The highest BCUT2D eigenvalue weighted by Crippen LogP contribution is 2.39. The summed E-state index contributed by atoms with van der Waals surface area (Å²) < 4.78 is 4.99. The average molecular weight is 281 g/mol. The van der Waals surface area contributed by atoms with Crippen LogP contribution in [-0.4, -0.2) is 34.0 Å². The molecule has 1 N–H and O–H groups in total. The number of aliphatic hydroxyl groups is 1. The molecule has 2 rings (SSSR count). The number of esters is 1. The van der Waals surface area contributed by atoms with Gasteiger partial charge in [0.25, 0.3) is 0 Å². The predicted molar refractivity (Wildman–Crippen MR) is 69.2 cm³/mol. The summed E-state index contributed by atoms with van der Waals surface area (Å²) >= 11 is 0. The Bertz CT molecular complexity index is 434. The normalized spacial score (nSPS) is 27.1. The van der Waals surface area contributed by atoms with Crippen LogP contribution >= 0.6 is 0 Å². The lowest BCUT2D eigenvalue weighted by molar-refractivity contribution is -0.167. The van der Waals surface area contributed by atoms with Crippen LogP contribution in [0, 0.1) is 11.8 Å². The highest BCUT2D eigenvalue weighted by Gasteiger charge is 2.51. The van der Waals surface area contributed by atoms with Gasteiger partial charge in [0.05, 0.1) is 11.8 Å². The third-order valence-electron chi connectivity index (χ3n) is 3.99. The second-order valence-corrected chi connectivity index (χ2v) is 5.26. The molecule has 0 radical (unpaired) electrons. The number of imide groups is 1. The van der Waals surface area contributed by atoms with Gasteiger partial charge in [-0.1, -0.05) is 19.8 Å². The van der Waals surface area contributed by atoms with Crippen LogP contribution in [0.15, 0.2) is 12.3 Å². The largest absolute Gasteiger partial charge is 0.502 e. The molecule has 0 spiro atoms. The van der Waals surface area contributed by atoms with Crippen LogP contribution in [0.5, 0.6) is 0 Å². The highest BCUT2D eigenvalue weighted by molar-refractivity contribution is 6.05. The van der Waals surface area contributed by atoms with Gasteiger partial charge in [-0.2, -0.15) is 0 Å². The number of amides is 2. The summed E-state index contributed by atoms with van der Waals surface area (Å²) in [5.74, 6) is -2.82. The van der Waals surface area contributed by atoms with Crippen molar-refractivity contribution in [3.05, 3.63) is 12.3 Å². The Morgan fingerprint density at radius 1 is 1.35 bits per heavy atom. The molecule has 1 saturated heterocycles. The highest BCUT2D eigenvalue weighted by atomic mass is 16.6. The van der Waals surface area contributed by atoms with Crippen molar-refractivity contribution in [1.29, 1.82) is 0 Å². The Hall–Kier alpha value is -1.85. The SMILES string of the molecule is C=C(O)C(=O)OC(CC)N1C(=O)C2CCCCC2C1=O. The van der Waals surface area contributed by atoms with Crippen LogP contribution in [0.1, 0.15) is 39.0 Å². The monoisotopic (exact) mass is 281 g/mol. The molecule has 3 unspecified atom stereocenters. The first kappa shape index (κ1) is 14.6. The van der Waals surface area contributed by atoms with Crippen molar-refractivity contribution < 1.29 is 24.2 Å². The second-order valence-electron chi connectivity index (χ2n) is 5.26. The molecule has 2 aliphatic rings. The Balaban J connectivity index is 2.17. The first-order chi connectivity index (χ1) is 9.47. The number of hydrogen-bond acceptors (Lipinski definition) is 5. The molecule has 6 nitrogen and oxygen atoms in total. The summed E-state index contributed by atoms with van der Waals surface area (Å²) in [5.41, 5.74) is 0. The van der Waals surface area contributed by atoms with Crippen molar-refractivity contribution in [2.75, 3.05) is 0 Å². The molecule has 0 aromatic heterocycles. The van der Waals surface area contributed by atoms with Crippen LogP contribution in [-0.2, 0) is 19.1 Å². The molecule has 1 aliphatic carbocycles. The molecule has 1 aliphatic heterocycles. The molecule has 1 saturated carbocycles. The van der Waals surface area contributed by atoms with Gasteiger partial charge in [-0.25, -0.2) is 9.69 Å². The Morgan fingerprint density at radius 2 is 1.85 bits per heavy atom. The number of fused-ring (bicyclic) bond motifs is 1. The van der Waals surface area contributed by atoms with Crippen LogP contribution in [0.3, 0.4) is 0 Å². The Kier molecular flexibility index (Phi) is 4.11. The van der Waals surface area contributed by atoms with Crippen molar-refractivity contribution in [2.45, 2.75) is 45.3 Å². The Labute approximate surface area is 117 Å². The summed E-state index contributed by atoms with van der Waals surface area (Å²) in [7, 11) is 0. The van der Waals surface area contributed by atoms with Gasteiger partial charge < -0.3 is 9.84 Å². The Morgan fingerprint density at radius 3 is 2.25 bits per heavy atom. The zero-order chi connectivity index (χ0) is 14.9. The van der Waals surface area contributed by atoms with Crippen molar-refractivity contribution in [3.63, 3.8) is 0 Å². The molecule has 0 aromatic carbocycles. The lowest BCUT2D eigenvalue weighted by atomic mass is 9.81. The predicted octanol–water partition coefficient (Wildman–Crippen LogP) is 1.51. The van der Waals surface area contributed by atoms with Crippen molar-refractivity contribution >= 4 is 17.8 Å². The van der Waals surface area contributed by atoms with E-state index >= 15 is 0 Å². The number of carbonyl (C=O) groups is 3. The van der Waals surface area contributed by atoms with E-state index in [1.165, 1.54) is 0 Å². The van der Waals surface area contributed by atoms with E-state index in [0.717, 1.165) is 17.7 Å². The van der Waals surface area contributed by atoms with E-state index in [4.69, 9.17) is 9.84 Å². The molecule has 0 aromatic rings. The fourth-order valence-electron chi connectivity index (χ4n) is 2.98. The number of hydrogen-bond donors (Lipinski definition) is 1. The van der Waals surface area contributed by atoms with Gasteiger partial charge in [0, 0.05) is 6.42 Å². The third kappa shape index (κ3) is 2.42.